The summed E-state index contributed by atoms with van der Waals surface area (Å²) >= 11 is 13.4. The molecule has 0 saturated heterocycles. The molecule has 130 valence electrons. The lowest BCUT2D eigenvalue weighted by atomic mass is 10.0. The van der Waals surface area contributed by atoms with Gasteiger partial charge in [-0.1, -0.05) is 29.3 Å². The van der Waals surface area contributed by atoms with Crippen LogP contribution in [0.25, 0.3) is 21.3 Å². The van der Waals surface area contributed by atoms with Crippen LogP contribution in [-0.2, 0) is 11.3 Å². The number of thiophene rings is 1. The number of nitrogens with zero attached hydrogens (tertiary/aromatic N) is 1. The van der Waals surface area contributed by atoms with Crippen molar-refractivity contribution in [3.8, 4) is 11.1 Å². The zero-order valence-corrected chi connectivity index (χ0v) is 15.8. The number of nitrogens with one attached hydrogen (secondary N) is 1. The van der Waals surface area contributed by atoms with Gasteiger partial charge in [0.15, 0.2) is 0 Å². The van der Waals surface area contributed by atoms with E-state index in [4.69, 9.17) is 23.2 Å². The van der Waals surface area contributed by atoms with Gasteiger partial charge in [-0.15, -0.1) is 11.3 Å². The Kier molecular flexibility index (Phi) is 4.86. The number of hydrogen-bond acceptors (Lipinski definition) is 4. The second kappa shape index (κ2) is 6.78. The average molecular weight is 397 g/mol. The first-order valence-electron chi connectivity index (χ1n) is 7.50. The molecule has 2 heterocycles. The number of hydrogen-bond donors (Lipinski definition) is 1. The number of ketones is 1. The van der Waals surface area contributed by atoms with Gasteiger partial charge < -0.3 is 0 Å². The molecule has 25 heavy (non-hydrogen) atoms. The van der Waals surface area contributed by atoms with Crippen molar-refractivity contribution in [3.05, 3.63) is 54.0 Å². The number of halogens is 2. The van der Waals surface area contributed by atoms with Crippen LogP contribution in [0.1, 0.15) is 18.2 Å². The number of rotatable bonds is 4. The molecule has 0 amide bonds. The van der Waals surface area contributed by atoms with Crippen molar-refractivity contribution in [1.29, 1.82) is 0 Å². The van der Waals surface area contributed by atoms with Crippen LogP contribution in [0.3, 0.4) is 0 Å². The van der Waals surface area contributed by atoms with Gasteiger partial charge in [0.2, 0.25) is 0 Å². The zero-order valence-electron chi connectivity index (χ0n) is 13.5. The van der Waals surface area contributed by atoms with Crippen LogP contribution in [0.15, 0.2) is 27.8 Å². The van der Waals surface area contributed by atoms with E-state index in [1.165, 1.54) is 18.3 Å². The van der Waals surface area contributed by atoms with E-state index in [0.717, 1.165) is 20.6 Å². The molecule has 5 nitrogen and oxygen atoms in total. The summed E-state index contributed by atoms with van der Waals surface area (Å²) in [5.41, 5.74) is 0.544. The standard InChI is InChI=1S/C17H14Cl2N2O3S/c1-8(22)5-6-21-16(23)14-13(9(2)25-15(14)20-17(21)24)10-3-4-11(18)12(19)7-10/h3-4,7H,5-6H2,1-2H3,(H,20,24). The molecule has 0 unspecified atom stereocenters. The molecule has 1 N–H and O–H groups in total. The first-order chi connectivity index (χ1) is 11.8. The summed E-state index contributed by atoms with van der Waals surface area (Å²) in [6.07, 6.45) is 0.125. The summed E-state index contributed by atoms with van der Waals surface area (Å²) in [6.45, 7) is 3.35. The summed E-state index contributed by atoms with van der Waals surface area (Å²) < 4.78 is 1.07. The number of H-pyrrole nitrogens is 1. The molecule has 1 aromatic carbocycles. The van der Waals surface area contributed by atoms with E-state index < -0.39 is 11.2 Å². The lowest BCUT2D eigenvalue weighted by molar-refractivity contribution is -0.117. The summed E-state index contributed by atoms with van der Waals surface area (Å²) in [7, 11) is 0. The smallest absolute Gasteiger partial charge is 0.300 e. The van der Waals surface area contributed by atoms with Gasteiger partial charge in [-0.3, -0.25) is 19.1 Å². The van der Waals surface area contributed by atoms with Crippen molar-refractivity contribution in [2.45, 2.75) is 26.8 Å². The Labute approximate surface area is 156 Å². The molecule has 3 aromatic rings. The number of carbonyl (C=O) groups is 1. The highest BCUT2D eigenvalue weighted by molar-refractivity contribution is 7.19. The molecule has 3 rings (SSSR count). The molecular weight excluding hydrogens is 383 g/mol. The van der Waals surface area contributed by atoms with E-state index in [1.54, 1.807) is 18.2 Å². The Balaban J connectivity index is 2.29. The Morgan fingerprint density at radius 2 is 1.96 bits per heavy atom. The molecule has 0 bridgehead atoms. The minimum Gasteiger partial charge on any atom is -0.300 e. The summed E-state index contributed by atoms with van der Waals surface area (Å²) in [5, 5.41) is 1.23. The number of aryl methyl sites for hydroxylation is 1. The third kappa shape index (κ3) is 3.29. The molecular formula is C17H14Cl2N2O3S. The van der Waals surface area contributed by atoms with Crippen LogP contribution < -0.4 is 11.2 Å². The molecule has 0 saturated carbocycles. The fraction of sp³-hybridized carbons (Fsp3) is 0.235. The quantitative estimate of drug-likeness (QED) is 0.723. The third-order valence-corrected chi connectivity index (χ3v) is 5.66. The number of benzene rings is 1. The normalized spacial score (nSPS) is 11.2. The number of fused-ring (bicyclic) bond motifs is 1. The second-order valence-electron chi connectivity index (χ2n) is 5.71. The third-order valence-electron chi connectivity index (χ3n) is 3.90. The van der Waals surface area contributed by atoms with Gasteiger partial charge in [-0.05, 0) is 31.5 Å². The molecule has 8 heteroatoms. The van der Waals surface area contributed by atoms with Crippen LogP contribution in [0.2, 0.25) is 10.0 Å². The van der Waals surface area contributed by atoms with Crippen molar-refractivity contribution < 1.29 is 4.79 Å². The van der Waals surface area contributed by atoms with Crippen molar-refractivity contribution in [1.82, 2.24) is 9.55 Å². The van der Waals surface area contributed by atoms with Crippen LogP contribution in [0.4, 0.5) is 0 Å². The van der Waals surface area contributed by atoms with Gasteiger partial charge in [0, 0.05) is 23.4 Å². The van der Waals surface area contributed by atoms with Crippen LogP contribution in [-0.4, -0.2) is 15.3 Å². The van der Waals surface area contributed by atoms with E-state index in [0.29, 0.717) is 20.3 Å². The highest BCUT2D eigenvalue weighted by Crippen LogP contribution is 2.37. The lowest BCUT2D eigenvalue weighted by Gasteiger charge is -2.06. The highest BCUT2D eigenvalue weighted by Gasteiger charge is 2.18. The molecule has 0 fully saturated rings. The average Bonchev–Trinajstić information content (AvgIpc) is 2.85. The Morgan fingerprint density at radius 1 is 1.24 bits per heavy atom. The van der Waals surface area contributed by atoms with Gasteiger partial charge in [-0.25, -0.2) is 4.79 Å². The van der Waals surface area contributed by atoms with E-state index >= 15 is 0 Å². The van der Waals surface area contributed by atoms with Gasteiger partial charge in [-0.2, -0.15) is 0 Å². The first kappa shape index (κ1) is 17.9. The maximum atomic E-state index is 12.9. The van der Waals surface area contributed by atoms with Gasteiger partial charge in [0.25, 0.3) is 5.56 Å². The topological polar surface area (TPSA) is 71.9 Å². The molecule has 0 aliphatic carbocycles. The fourth-order valence-electron chi connectivity index (χ4n) is 2.70. The lowest BCUT2D eigenvalue weighted by Crippen LogP contribution is -2.35. The molecule has 0 radical (unpaired) electrons. The maximum absolute atomic E-state index is 12.9. The minimum absolute atomic E-state index is 0.0507. The Hall–Kier alpha value is -1.89. The van der Waals surface area contributed by atoms with E-state index in [1.807, 2.05) is 6.92 Å². The van der Waals surface area contributed by atoms with Gasteiger partial charge in [0.1, 0.15) is 10.6 Å². The molecule has 0 aliphatic rings. The zero-order chi connectivity index (χ0) is 18.3. The Bertz CT molecular complexity index is 1110. The number of Topliss-reactive ketones (excluding diaryl/α,β-unsaturated/α-hetero) is 1. The van der Waals surface area contributed by atoms with E-state index in [2.05, 4.69) is 4.98 Å². The second-order valence-corrected chi connectivity index (χ2v) is 7.74. The van der Waals surface area contributed by atoms with E-state index in [9.17, 15) is 14.4 Å². The maximum Gasteiger partial charge on any atom is 0.329 e. The van der Waals surface area contributed by atoms with Crippen molar-refractivity contribution in [3.63, 3.8) is 0 Å². The minimum atomic E-state index is -0.513. The summed E-state index contributed by atoms with van der Waals surface area (Å²) in [5.74, 6) is -0.0856. The van der Waals surface area contributed by atoms with Crippen molar-refractivity contribution in [2.75, 3.05) is 0 Å². The SMILES string of the molecule is CC(=O)CCn1c(=O)[nH]c2sc(C)c(-c3ccc(Cl)c(Cl)c3)c2c1=O. The van der Waals surface area contributed by atoms with Crippen molar-refractivity contribution in [2.24, 2.45) is 0 Å². The predicted octanol–water partition coefficient (Wildman–Crippen LogP) is 4.01. The predicted molar refractivity (Wildman–Crippen MR) is 102 cm³/mol. The molecule has 0 atom stereocenters. The van der Waals surface area contributed by atoms with Crippen LogP contribution >= 0.6 is 34.5 Å². The van der Waals surface area contributed by atoms with Crippen LogP contribution in [0, 0.1) is 6.92 Å². The largest absolute Gasteiger partial charge is 0.329 e. The van der Waals surface area contributed by atoms with Gasteiger partial charge >= 0.3 is 5.69 Å². The molecule has 0 spiro atoms. The van der Waals surface area contributed by atoms with E-state index in [-0.39, 0.29) is 18.7 Å². The summed E-state index contributed by atoms with van der Waals surface area (Å²) in [4.78, 5) is 40.4. The first-order valence-corrected chi connectivity index (χ1v) is 9.08. The highest BCUT2D eigenvalue weighted by atomic mass is 35.5. The number of carbonyl (C=O) groups excluding carboxylic acids is 1. The fourth-order valence-corrected chi connectivity index (χ4v) is 4.06. The van der Waals surface area contributed by atoms with Gasteiger partial charge in [0.05, 0.1) is 15.4 Å². The number of aromatic amines is 1. The molecule has 0 aliphatic heterocycles. The number of aromatic nitrogens is 2. The van der Waals surface area contributed by atoms with Crippen molar-refractivity contribution >= 4 is 50.5 Å². The van der Waals surface area contributed by atoms with Crippen LogP contribution in [0.5, 0.6) is 0 Å². The Morgan fingerprint density at radius 3 is 2.60 bits per heavy atom. The summed E-state index contributed by atoms with van der Waals surface area (Å²) in [6, 6.07) is 5.15. The molecule has 2 aromatic heterocycles. The monoisotopic (exact) mass is 396 g/mol.